The van der Waals surface area contributed by atoms with E-state index in [4.69, 9.17) is 0 Å². The van der Waals surface area contributed by atoms with E-state index < -0.39 is 5.41 Å². The summed E-state index contributed by atoms with van der Waals surface area (Å²) in [4.78, 5) is 27.5. The molecule has 1 heterocycles. The smallest absolute Gasteiger partial charge is 0.235 e. The second-order valence-corrected chi connectivity index (χ2v) is 8.52. The number of anilines is 1. The van der Waals surface area contributed by atoms with Crippen molar-refractivity contribution >= 4 is 28.3 Å². The first kappa shape index (κ1) is 18.9. The molecule has 1 saturated heterocycles. The Bertz CT molecular complexity index is 1120. The lowest BCUT2D eigenvalue weighted by molar-refractivity contribution is -0.133. The van der Waals surface area contributed by atoms with Gasteiger partial charge in [0, 0.05) is 31.1 Å². The summed E-state index contributed by atoms with van der Waals surface area (Å²) in [5.74, 6) is 0.0974. The third-order valence-electron chi connectivity index (χ3n) is 6.95. The number of nitrogens with zero attached hydrogens (tertiary/aromatic N) is 1. The number of benzene rings is 3. The summed E-state index contributed by atoms with van der Waals surface area (Å²) in [5, 5.41) is 5.70. The van der Waals surface area contributed by atoms with Gasteiger partial charge in [-0.15, -0.1) is 0 Å². The Kier molecular flexibility index (Phi) is 4.58. The number of carbonyl (C=O) groups excluding carboxylic acids is 2. The molecule has 1 aliphatic heterocycles. The SMILES string of the molecule is CC(=O)N1CCC(C(=O)Nc2ccc3c4c(cccc24)CC3)(c2ccccc2)CC1. The molecule has 0 unspecified atom stereocenters. The first-order chi connectivity index (χ1) is 14.6. The van der Waals surface area contributed by atoms with Gasteiger partial charge >= 0.3 is 0 Å². The van der Waals surface area contributed by atoms with Gasteiger partial charge in [0.25, 0.3) is 0 Å². The van der Waals surface area contributed by atoms with Crippen LogP contribution in [0.2, 0.25) is 0 Å². The van der Waals surface area contributed by atoms with Crippen LogP contribution in [0.5, 0.6) is 0 Å². The molecule has 1 fully saturated rings. The van der Waals surface area contributed by atoms with Crippen molar-refractivity contribution in [1.29, 1.82) is 0 Å². The Morgan fingerprint density at radius 3 is 2.27 bits per heavy atom. The van der Waals surface area contributed by atoms with Gasteiger partial charge in [0.2, 0.25) is 11.8 Å². The van der Waals surface area contributed by atoms with Gasteiger partial charge in [-0.1, -0.05) is 54.6 Å². The zero-order chi connectivity index (χ0) is 20.7. The monoisotopic (exact) mass is 398 g/mol. The summed E-state index contributed by atoms with van der Waals surface area (Å²) < 4.78 is 0. The molecule has 5 rings (SSSR count). The predicted octanol–water partition coefficient (Wildman–Crippen LogP) is 4.46. The summed E-state index contributed by atoms with van der Waals surface area (Å²) in [6.45, 7) is 2.80. The first-order valence-corrected chi connectivity index (χ1v) is 10.7. The van der Waals surface area contributed by atoms with Crippen LogP contribution in [0.1, 0.15) is 36.5 Å². The number of carbonyl (C=O) groups is 2. The molecule has 4 nitrogen and oxygen atoms in total. The van der Waals surface area contributed by atoms with Crippen molar-refractivity contribution in [1.82, 2.24) is 4.90 Å². The van der Waals surface area contributed by atoms with Gasteiger partial charge in [-0.05, 0) is 53.8 Å². The van der Waals surface area contributed by atoms with E-state index in [0.717, 1.165) is 29.5 Å². The number of nitrogens with one attached hydrogen (secondary N) is 1. The van der Waals surface area contributed by atoms with E-state index in [1.54, 1.807) is 6.92 Å². The lowest BCUT2D eigenvalue weighted by atomic mass is 9.72. The van der Waals surface area contributed by atoms with Crippen LogP contribution in [-0.2, 0) is 27.8 Å². The van der Waals surface area contributed by atoms with E-state index in [0.29, 0.717) is 25.9 Å². The van der Waals surface area contributed by atoms with Gasteiger partial charge in [-0.2, -0.15) is 0 Å². The zero-order valence-electron chi connectivity index (χ0n) is 17.3. The second kappa shape index (κ2) is 7.28. The van der Waals surface area contributed by atoms with Gasteiger partial charge in [0.05, 0.1) is 5.41 Å². The van der Waals surface area contributed by atoms with Gasteiger partial charge in [-0.25, -0.2) is 0 Å². The molecule has 0 spiro atoms. The third-order valence-corrected chi connectivity index (χ3v) is 6.95. The highest BCUT2D eigenvalue weighted by molar-refractivity contribution is 6.08. The molecule has 1 aliphatic carbocycles. The summed E-state index contributed by atoms with van der Waals surface area (Å²) in [6.07, 6.45) is 3.39. The number of aryl methyl sites for hydroxylation is 2. The molecule has 4 heteroatoms. The number of rotatable bonds is 3. The van der Waals surface area contributed by atoms with E-state index in [-0.39, 0.29) is 11.8 Å². The molecule has 3 aromatic rings. The summed E-state index contributed by atoms with van der Waals surface area (Å²) in [5.41, 5.74) is 4.01. The summed E-state index contributed by atoms with van der Waals surface area (Å²) in [7, 11) is 0. The molecule has 0 aromatic heterocycles. The Hall–Kier alpha value is -3.14. The minimum absolute atomic E-state index is 0.0237. The van der Waals surface area contributed by atoms with E-state index in [1.807, 2.05) is 41.3 Å². The molecule has 3 aromatic carbocycles. The Labute approximate surface area is 176 Å². The van der Waals surface area contributed by atoms with Crippen LogP contribution in [-0.4, -0.2) is 29.8 Å². The molecule has 0 atom stereocenters. The molecule has 1 N–H and O–H groups in total. The second-order valence-electron chi connectivity index (χ2n) is 8.52. The van der Waals surface area contributed by atoms with Crippen LogP contribution in [0.25, 0.3) is 10.8 Å². The predicted molar refractivity (Wildman–Crippen MR) is 120 cm³/mol. The van der Waals surface area contributed by atoms with Crippen LogP contribution >= 0.6 is 0 Å². The minimum atomic E-state index is -0.629. The maximum Gasteiger partial charge on any atom is 0.235 e. The molecule has 30 heavy (non-hydrogen) atoms. The van der Waals surface area contributed by atoms with E-state index >= 15 is 0 Å². The fraction of sp³-hybridized carbons (Fsp3) is 0.308. The quantitative estimate of drug-likeness (QED) is 0.708. The lowest BCUT2D eigenvalue weighted by Crippen LogP contribution is -2.50. The van der Waals surface area contributed by atoms with Crippen molar-refractivity contribution in [2.45, 2.75) is 38.0 Å². The standard InChI is InChI=1S/C26H26N2O2/c1-18(29)28-16-14-26(15-17-28,21-7-3-2-4-8-21)25(30)27-23-13-12-20-11-10-19-6-5-9-22(23)24(19)20/h2-9,12-13H,10-11,14-17H2,1H3,(H,27,30). The average Bonchev–Trinajstić information content (AvgIpc) is 3.21. The van der Waals surface area contributed by atoms with Crippen molar-refractivity contribution in [3.05, 3.63) is 77.4 Å². The van der Waals surface area contributed by atoms with Crippen molar-refractivity contribution in [2.24, 2.45) is 0 Å². The normalized spacial score (nSPS) is 17.2. The molecule has 0 bridgehead atoms. The van der Waals surface area contributed by atoms with Crippen LogP contribution in [0.4, 0.5) is 5.69 Å². The number of hydrogen-bond donors (Lipinski definition) is 1. The van der Waals surface area contributed by atoms with E-state index in [2.05, 4.69) is 29.6 Å². The highest BCUT2D eigenvalue weighted by atomic mass is 16.2. The molecule has 152 valence electrons. The molecule has 2 amide bonds. The Morgan fingerprint density at radius 1 is 0.867 bits per heavy atom. The summed E-state index contributed by atoms with van der Waals surface area (Å²) >= 11 is 0. The molecular formula is C26H26N2O2. The largest absolute Gasteiger partial charge is 0.343 e. The molecule has 0 saturated carbocycles. The number of amides is 2. The fourth-order valence-electron chi connectivity index (χ4n) is 5.21. The highest BCUT2D eigenvalue weighted by Gasteiger charge is 2.43. The van der Waals surface area contributed by atoms with E-state index in [9.17, 15) is 9.59 Å². The van der Waals surface area contributed by atoms with Crippen molar-refractivity contribution in [2.75, 3.05) is 18.4 Å². The Morgan fingerprint density at radius 2 is 1.57 bits per heavy atom. The highest BCUT2D eigenvalue weighted by Crippen LogP contribution is 2.39. The van der Waals surface area contributed by atoms with Crippen LogP contribution in [0.3, 0.4) is 0 Å². The molecule has 0 radical (unpaired) electrons. The molecular weight excluding hydrogens is 372 g/mol. The van der Waals surface area contributed by atoms with Gasteiger partial charge in [-0.3, -0.25) is 9.59 Å². The summed E-state index contributed by atoms with van der Waals surface area (Å²) in [6, 6.07) is 20.6. The molecule has 2 aliphatic rings. The van der Waals surface area contributed by atoms with Crippen molar-refractivity contribution in [3.63, 3.8) is 0 Å². The fourth-order valence-corrected chi connectivity index (χ4v) is 5.21. The lowest BCUT2D eigenvalue weighted by Gasteiger charge is -2.40. The van der Waals surface area contributed by atoms with Crippen molar-refractivity contribution < 1.29 is 9.59 Å². The number of piperidine rings is 1. The topological polar surface area (TPSA) is 49.4 Å². The van der Waals surface area contributed by atoms with Crippen LogP contribution < -0.4 is 5.32 Å². The third kappa shape index (κ3) is 2.98. The van der Waals surface area contributed by atoms with Crippen molar-refractivity contribution in [3.8, 4) is 0 Å². The Balaban J connectivity index is 1.52. The van der Waals surface area contributed by atoms with Gasteiger partial charge in [0.1, 0.15) is 0 Å². The minimum Gasteiger partial charge on any atom is -0.343 e. The zero-order valence-corrected chi connectivity index (χ0v) is 17.3. The van der Waals surface area contributed by atoms with Crippen LogP contribution in [0.15, 0.2) is 60.7 Å². The number of likely N-dealkylation sites (tertiary alicyclic amines) is 1. The van der Waals surface area contributed by atoms with Crippen LogP contribution in [0, 0.1) is 0 Å². The van der Waals surface area contributed by atoms with Gasteiger partial charge < -0.3 is 10.2 Å². The maximum atomic E-state index is 13.8. The van der Waals surface area contributed by atoms with E-state index in [1.165, 1.54) is 16.5 Å². The van der Waals surface area contributed by atoms with Gasteiger partial charge in [0.15, 0.2) is 0 Å². The number of hydrogen-bond acceptors (Lipinski definition) is 2. The maximum absolute atomic E-state index is 13.8. The average molecular weight is 399 g/mol. The first-order valence-electron chi connectivity index (χ1n) is 10.7.